The molecule has 5 atom stereocenters. The smallest absolute Gasteiger partial charge is 0.313 e. The highest BCUT2D eigenvalue weighted by Crippen LogP contribution is 2.67. The quantitative estimate of drug-likeness (QED) is 0.788. The van der Waals surface area contributed by atoms with Gasteiger partial charge in [-0.1, -0.05) is 34.6 Å². The lowest BCUT2D eigenvalue weighted by Crippen LogP contribution is -2.58. The summed E-state index contributed by atoms with van der Waals surface area (Å²) in [5, 5.41) is 3.34. The summed E-state index contributed by atoms with van der Waals surface area (Å²) in [6.45, 7) is 13.0. The van der Waals surface area contributed by atoms with Gasteiger partial charge in [0.15, 0.2) is 5.60 Å². The van der Waals surface area contributed by atoms with Gasteiger partial charge in [-0.15, -0.1) is 0 Å². The minimum Gasteiger partial charge on any atom is -0.448 e. The SMILES string of the molecule is CC1(C)[C@@H]2CC[C@@]1(C)[C@H](NC(=O)[C@@]13CC[C@@](C)(C(=O)O1)C3(C)C)C2. The normalized spacial score (nSPS) is 50.2. The number of ether oxygens (including phenoxy) is 1. The van der Waals surface area contributed by atoms with Gasteiger partial charge in [-0.25, -0.2) is 0 Å². The molecule has 134 valence electrons. The average molecular weight is 333 g/mol. The third kappa shape index (κ3) is 1.44. The molecule has 3 aliphatic carbocycles. The van der Waals surface area contributed by atoms with Crippen LogP contribution in [0.4, 0.5) is 0 Å². The van der Waals surface area contributed by atoms with Crippen molar-refractivity contribution >= 4 is 11.9 Å². The van der Waals surface area contributed by atoms with E-state index < -0.39 is 16.4 Å². The number of amides is 1. The second-order valence-electron chi connectivity index (χ2n) is 10.3. The maximum Gasteiger partial charge on any atom is 0.313 e. The predicted octanol–water partition coefficient (Wildman–Crippen LogP) is 3.44. The van der Waals surface area contributed by atoms with E-state index in [9.17, 15) is 9.59 Å². The van der Waals surface area contributed by atoms with Gasteiger partial charge in [0.05, 0.1) is 5.41 Å². The second kappa shape index (κ2) is 4.19. The topological polar surface area (TPSA) is 55.4 Å². The summed E-state index contributed by atoms with van der Waals surface area (Å²) in [6, 6.07) is 0.190. The minimum absolute atomic E-state index is 0.0587. The number of nitrogens with one attached hydrogen (secondary N) is 1. The first kappa shape index (κ1) is 16.4. The van der Waals surface area contributed by atoms with Crippen LogP contribution >= 0.6 is 0 Å². The third-order valence-corrected chi connectivity index (χ3v) is 9.55. The van der Waals surface area contributed by atoms with E-state index in [1.165, 1.54) is 12.8 Å². The molecule has 4 nitrogen and oxygen atoms in total. The molecule has 1 amide bonds. The van der Waals surface area contributed by atoms with Crippen LogP contribution in [-0.4, -0.2) is 23.5 Å². The van der Waals surface area contributed by atoms with E-state index >= 15 is 0 Å². The molecule has 1 N–H and O–H groups in total. The lowest BCUT2D eigenvalue weighted by molar-refractivity contribution is -0.169. The highest BCUT2D eigenvalue weighted by atomic mass is 16.6. The van der Waals surface area contributed by atoms with Gasteiger partial charge in [-0.3, -0.25) is 9.59 Å². The number of fused-ring (bicyclic) bond motifs is 4. The van der Waals surface area contributed by atoms with Crippen molar-refractivity contribution in [1.29, 1.82) is 0 Å². The third-order valence-electron chi connectivity index (χ3n) is 9.55. The minimum atomic E-state index is -0.985. The standard InChI is InChI=1S/C20H31NO3/c1-16(2)12-7-8-18(16,5)13(11-12)21-14(22)20-10-9-19(6,15(23)24-20)17(20,3)4/h12-13H,7-11H2,1-6H3,(H,21,22)/t12-,13-,18+,19+,20-/m1/s1. The van der Waals surface area contributed by atoms with Crippen LogP contribution in [0, 0.1) is 27.6 Å². The van der Waals surface area contributed by atoms with Crippen molar-refractivity contribution in [2.45, 2.75) is 85.3 Å². The Hall–Kier alpha value is -1.06. The van der Waals surface area contributed by atoms with Crippen LogP contribution in [0.5, 0.6) is 0 Å². The Morgan fingerprint density at radius 3 is 2.17 bits per heavy atom. The Balaban J connectivity index is 1.62. The Morgan fingerprint density at radius 2 is 1.75 bits per heavy atom. The van der Waals surface area contributed by atoms with E-state index in [1.807, 2.05) is 20.8 Å². The number of hydrogen-bond acceptors (Lipinski definition) is 3. The molecule has 4 aliphatic rings. The average Bonchev–Trinajstić information content (AvgIpc) is 2.97. The molecule has 1 aliphatic heterocycles. The van der Waals surface area contributed by atoms with Gasteiger partial charge in [0.1, 0.15) is 0 Å². The van der Waals surface area contributed by atoms with E-state index in [1.54, 1.807) is 0 Å². The molecule has 4 rings (SSSR count). The van der Waals surface area contributed by atoms with Crippen molar-refractivity contribution in [3.63, 3.8) is 0 Å². The second-order valence-corrected chi connectivity index (χ2v) is 10.3. The Morgan fingerprint density at radius 1 is 1.08 bits per heavy atom. The summed E-state index contributed by atoms with van der Waals surface area (Å²) in [6.07, 6.45) is 4.87. The van der Waals surface area contributed by atoms with E-state index in [0.717, 1.165) is 12.8 Å². The maximum absolute atomic E-state index is 13.3. The molecular weight excluding hydrogens is 302 g/mol. The number of hydrogen-bond donors (Lipinski definition) is 1. The van der Waals surface area contributed by atoms with Crippen molar-refractivity contribution < 1.29 is 14.3 Å². The zero-order valence-corrected chi connectivity index (χ0v) is 15.9. The van der Waals surface area contributed by atoms with Crippen molar-refractivity contribution in [2.24, 2.45) is 27.6 Å². The summed E-state index contributed by atoms with van der Waals surface area (Å²) < 4.78 is 5.75. The van der Waals surface area contributed by atoms with Crippen molar-refractivity contribution in [1.82, 2.24) is 5.32 Å². The first-order chi connectivity index (χ1) is 10.9. The lowest BCUT2D eigenvalue weighted by atomic mass is 9.65. The van der Waals surface area contributed by atoms with Crippen LogP contribution in [0.2, 0.25) is 0 Å². The molecule has 0 spiro atoms. The van der Waals surface area contributed by atoms with Gasteiger partial charge >= 0.3 is 5.97 Å². The summed E-state index contributed by atoms with van der Waals surface area (Å²) in [5.41, 5.74) is -1.59. The van der Waals surface area contributed by atoms with Gasteiger partial charge < -0.3 is 10.1 Å². The first-order valence-electron chi connectivity index (χ1n) is 9.47. The number of carbonyl (C=O) groups is 2. The molecule has 0 unspecified atom stereocenters. The van der Waals surface area contributed by atoms with Gasteiger partial charge in [-0.2, -0.15) is 0 Å². The highest BCUT2D eigenvalue weighted by molar-refractivity contribution is 5.96. The zero-order chi connectivity index (χ0) is 17.8. The monoisotopic (exact) mass is 333 g/mol. The largest absolute Gasteiger partial charge is 0.448 e. The molecule has 0 aromatic rings. The summed E-state index contributed by atoms with van der Waals surface area (Å²) in [5.74, 6) is 0.420. The fourth-order valence-corrected chi connectivity index (χ4v) is 6.44. The molecule has 0 aromatic carbocycles. The van der Waals surface area contributed by atoms with E-state index in [-0.39, 0.29) is 28.7 Å². The van der Waals surface area contributed by atoms with Crippen LogP contribution in [0.15, 0.2) is 0 Å². The van der Waals surface area contributed by atoms with Crippen molar-refractivity contribution in [2.75, 3.05) is 0 Å². The van der Waals surface area contributed by atoms with Crippen molar-refractivity contribution in [3.8, 4) is 0 Å². The molecule has 3 saturated carbocycles. The van der Waals surface area contributed by atoms with E-state index in [2.05, 4.69) is 26.1 Å². The van der Waals surface area contributed by atoms with Gasteiger partial charge in [0.25, 0.3) is 5.91 Å². The summed E-state index contributed by atoms with van der Waals surface area (Å²) in [7, 11) is 0. The van der Waals surface area contributed by atoms with Crippen LogP contribution < -0.4 is 5.32 Å². The number of esters is 1. The highest BCUT2D eigenvalue weighted by Gasteiger charge is 2.76. The molecule has 1 saturated heterocycles. The van der Waals surface area contributed by atoms with Crippen LogP contribution in [0.3, 0.4) is 0 Å². The molecule has 24 heavy (non-hydrogen) atoms. The van der Waals surface area contributed by atoms with Crippen LogP contribution in [0.25, 0.3) is 0 Å². The molecule has 1 heterocycles. The fourth-order valence-electron chi connectivity index (χ4n) is 6.44. The Kier molecular flexibility index (Phi) is 2.86. The summed E-state index contributed by atoms with van der Waals surface area (Å²) >= 11 is 0. The Bertz CT molecular complexity index is 639. The molecule has 4 fully saturated rings. The lowest BCUT2D eigenvalue weighted by Gasteiger charge is -2.42. The molecular formula is C20H31NO3. The summed E-state index contributed by atoms with van der Waals surface area (Å²) in [4.78, 5) is 25.7. The van der Waals surface area contributed by atoms with Gasteiger partial charge in [-0.05, 0) is 55.8 Å². The molecule has 0 aromatic heterocycles. The van der Waals surface area contributed by atoms with E-state index in [0.29, 0.717) is 12.3 Å². The Labute approximate surface area is 145 Å². The van der Waals surface area contributed by atoms with E-state index in [4.69, 9.17) is 4.74 Å². The molecule has 4 bridgehead atoms. The van der Waals surface area contributed by atoms with Crippen molar-refractivity contribution in [3.05, 3.63) is 0 Å². The van der Waals surface area contributed by atoms with Crippen LogP contribution in [-0.2, 0) is 14.3 Å². The van der Waals surface area contributed by atoms with Gasteiger partial charge in [0.2, 0.25) is 0 Å². The number of carbonyl (C=O) groups excluding carboxylic acids is 2. The maximum atomic E-state index is 13.3. The van der Waals surface area contributed by atoms with Crippen LogP contribution in [0.1, 0.15) is 73.6 Å². The zero-order valence-electron chi connectivity index (χ0n) is 15.9. The predicted molar refractivity (Wildman–Crippen MR) is 91.1 cm³/mol. The van der Waals surface area contributed by atoms with Gasteiger partial charge in [0, 0.05) is 11.5 Å². The first-order valence-corrected chi connectivity index (χ1v) is 9.47. The fraction of sp³-hybridized carbons (Fsp3) is 0.900. The number of rotatable bonds is 2. The molecule has 4 heteroatoms. The molecule has 0 radical (unpaired) electrons.